The first-order valence-electron chi connectivity index (χ1n) is 5.55. The average Bonchev–Trinajstić information content (AvgIpc) is 2.38. The molecule has 1 aromatic carbocycles. The monoisotopic (exact) mass is 244 g/mol. The molecule has 0 bridgehead atoms. The zero-order valence-electron chi connectivity index (χ0n) is 10.1. The van der Waals surface area contributed by atoms with Gasteiger partial charge < -0.3 is 15.3 Å². The molecule has 0 unspecified atom stereocenters. The van der Waals surface area contributed by atoms with Crippen LogP contribution in [-0.2, 0) is 0 Å². The lowest BCUT2D eigenvalue weighted by atomic mass is 10.2. The normalized spacial score (nSPS) is 9.33. The molecule has 4 heteroatoms. The highest BCUT2D eigenvalue weighted by Gasteiger charge is 2.11. The number of carbonyl (C=O) groups is 1. The van der Waals surface area contributed by atoms with E-state index in [2.05, 4.69) is 17.8 Å². The van der Waals surface area contributed by atoms with Gasteiger partial charge in [-0.3, -0.25) is 0 Å². The first-order valence-corrected chi connectivity index (χ1v) is 5.55. The minimum absolute atomic E-state index is 0.0916. The Labute approximate surface area is 107 Å². The maximum atomic E-state index is 11.9. The van der Waals surface area contributed by atoms with Gasteiger partial charge >= 0.3 is 6.03 Å². The van der Waals surface area contributed by atoms with E-state index in [-0.39, 0.29) is 19.2 Å². The molecule has 0 spiro atoms. The van der Waals surface area contributed by atoms with E-state index in [9.17, 15) is 4.79 Å². The van der Waals surface area contributed by atoms with Crippen molar-refractivity contribution in [3.8, 4) is 12.3 Å². The number of urea groups is 1. The van der Waals surface area contributed by atoms with Crippen molar-refractivity contribution in [3.05, 3.63) is 42.5 Å². The molecule has 0 saturated carbocycles. The van der Waals surface area contributed by atoms with Crippen molar-refractivity contribution in [2.24, 2.45) is 0 Å². The van der Waals surface area contributed by atoms with Crippen molar-refractivity contribution in [1.29, 1.82) is 0 Å². The SMILES string of the molecule is C#Cc1cccc(NC(=O)N(CC=C)CCO)c1. The summed E-state index contributed by atoms with van der Waals surface area (Å²) in [6.07, 6.45) is 6.89. The average molecular weight is 244 g/mol. The van der Waals surface area contributed by atoms with E-state index in [4.69, 9.17) is 11.5 Å². The summed E-state index contributed by atoms with van der Waals surface area (Å²) in [5.74, 6) is 2.50. The molecule has 0 heterocycles. The van der Waals surface area contributed by atoms with Gasteiger partial charge in [0, 0.05) is 24.3 Å². The Balaban J connectivity index is 2.72. The van der Waals surface area contributed by atoms with Gasteiger partial charge in [0.05, 0.1) is 6.61 Å². The highest BCUT2D eigenvalue weighted by Crippen LogP contribution is 2.10. The van der Waals surface area contributed by atoms with Crippen LogP contribution in [0.1, 0.15) is 5.56 Å². The summed E-state index contributed by atoms with van der Waals surface area (Å²) in [6, 6.07) is 6.73. The first kappa shape index (κ1) is 13.8. The van der Waals surface area contributed by atoms with Crippen LogP contribution in [0, 0.1) is 12.3 Å². The number of nitrogens with zero attached hydrogens (tertiary/aromatic N) is 1. The standard InChI is InChI=1S/C14H16N2O2/c1-3-8-16(9-10-17)14(18)15-13-7-5-6-12(4-2)11-13/h2-3,5-7,11,17H,1,8-10H2,(H,15,18). The minimum atomic E-state index is -0.293. The maximum Gasteiger partial charge on any atom is 0.322 e. The van der Waals surface area contributed by atoms with Gasteiger partial charge in [0.1, 0.15) is 0 Å². The molecular formula is C14H16N2O2. The summed E-state index contributed by atoms with van der Waals surface area (Å²) >= 11 is 0. The summed E-state index contributed by atoms with van der Waals surface area (Å²) in [5.41, 5.74) is 1.33. The van der Waals surface area contributed by atoms with Gasteiger partial charge in [0.2, 0.25) is 0 Å². The van der Waals surface area contributed by atoms with Gasteiger partial charge in [-0.2, -0.15) is 0 Å². The van der Waals surface area contributed by atoms with Crippen molar-refractivity contribution in [1.82, 2.24) is 4.90 Å². The molecule has 0 aliphatic heterocycles. The molecule has 0 fully saturated rings. The number of aliphatic hydroxyl groups is 1. The topological polar surface area (TPSA) is 52.6 Å². The molecule has 2 N–H and O–H groups in total. The van der Waals surface area contributed by atoms with Crippen molar-refractivity contribution in [2.75, 3.05) is 25.0 Å². The summed E-state index contributed by atoms with van der Waals surface area (Å²) in [5, 5.41) is 11.6. The summed E-state index contributed by atoms with van der Waals surface area (Å²) < 4.78 is 0. The molecule has 1 rings (SSSR count). The Bertz CT molecular complexity index is 463. The maximum absolute atomic E-state index is 11.9. The summed E-state index contributed by atoms with van der Waals surface area (Å²) in [4.78, 5) is 13.4. The lowest BCUT2D eigenvalue weighted by Crippen LogP contribution is -2.37. The second-order valence-corrected chi connectivity index (χ2v) is 3.61. The van der Waals surface area contributed by atoms with Crippen LogP contribution in [-0.4, -0.2) is 35.7 Å². The Hall–Kier alpha value is -2.25. The minimum Gasteiger partial charge on any atom is -0.395 e. The lowest BCUT2D eigenvalue weighted by molar-refractivity contribution is 0.195. The molecule has 18 heavy (non-hydrogen) atoms. The second-order valence-electron chi connectivity index (χ2n) is 3.61. The highest BCUT2D eigenvalue weighted by atomic mass is 16.3. The third-order valence-electron chi connectivity index (χ3n) is 2.29. The number of aliphatic hydroxyl groups excluding tert-OH is 1. The van der Waals surface area contributed by atoms with Crippen LogP contribution in [0.3, 0.4) is 0 Å². The Morgan fingerprint density at radius 2 is 2.39 bits per heavy atom. The van der Waals surface area contributed by atoms with E-state index >= 15 is 0 Å². The molecular weight excluding hydrogens is 228 g/mol. The van der Waals surface area contributed by atoms with Crippen LogP contribution in [0.4, 0.5) is 10.5 Å². The predicted octanol–water partition coefficient (Wildman–Crippen LogP) is 1.68. The van der Waals surface area contributed by atoms with Gasteiger partial charge in [-0.15, -0.1) is 13.0 Å². The van der Waals surface area contributed by atoms with Crippen LogP contribution in [0.15, 0.2) is 36.9 Å². The number of anilines is 1. The van der Waals surface area contributed by atoms with Gasteiger partial charge in [-0.05, 0) is 18.2 Å². The van der Waals surface area contributed by atoms with Crippen LogP contribution in [0.5, 0.6) is 0 Å². The molecule has 0 saturated heterocycles. The number of hydrogen-bond donors (Lipinski definition) is 2. The van der Waals surface area contributed by atoms with Gasteiger partial charge in [-0.1, -0.05) is 18.1 Å². The smallest absolute Gasteiger partial charge is 0.322 e. The lowest BCUT2D eigenvalue weighted by Gasteiger charge is -2.20. The number of hydrogen-bond acceptors (Lipinski definition) is 2. The van der Waals surface area contributed by atoms with Crippen LogP contribution < -0.4 is 5.32 Å². The van der Waals surface area contributed by atoms with E-state index in [1.807, 2.05) is 0 Å². The van der Waals surface area contributed by atoms with E-state index < -0.39 is 0 Å². The fraction of sp³-hybridized carbons (Fsp3) is 0.214. The van der Waals surface area contributed by atoms with Crippen LogP contribution in [0.25, 0.3) is 0 Å². The fourth-order valence-electron chi connectivity index (χ4n) is 1.44. The van der Waals surface area contributed by atoms with E-state index in [1.165, 1.54) is 4.90 Å². The third-order valence-corrected chi connectivity index (χ3v) is 2.29. The summed E-state index contributed by atoms with van der Waals surface area (Å²) in [6.45, 7) is 4.11. The van der Waals surface area contributed by atoms with Crippen LogP contribution in [0.2, 0.25) is 0 Å². The Kier molecular flexibility index (Phi) is 5.49. The molecule has 4 nitrogen and oxygen atoms in total. The number of terminal acetylenes is 1. The third kappa shape index (κ3) is 3.96. The largest absolute Gasteiger partial charge is 0.395 e. The number of benzene rings is 1. The van der Waals surface area contributed by atoms with Crippen LogP contribution >= 0.6 is 0 Å². The number of amides is 2. The second kappa shape index (κ2) is 7.15. The number of rotatable bonds is 5. The Morgan fingerprint density at radius 3 is 3.00 bits per heavy atom. The fourth-order valence-corrected chi connectivity index (χ4v) is 1.44. The van der Waals surface area contributed by atoms with E-state index in [0.717, 1.165) is 0 Å². The van der Waals surface area contributed by atoms with Crippen molar-refractivity contribution >= 4 is 11.7 Å². The number of nitrogens with one attached hydrogen (secondary N) is 1. The van der Waals surface area contributed by atoms with Gasteiger partial charge in [0.25, 0.3) is 0 Å². The molecule has 0 aliphatic rings. The molecule has 1 aromatic rings. The molecule has 2 amide bonds. The molecule has 0 aliphatic carbocycles. The molecule has 0 aromatic heterocycles. The predicted molar refractivity (Wildman–Crippen MR) is 72.3 cm³/mol. The zero-order chi connectivity index (χ0) is 13.4. The molecule has 94 valence electrons. The van der Waals surface area contributed by atoms with Gasteiger partial charge in [-0.25, -0.2) is 4.79 Å². The van der Waals surface area contributed by atoms with Crippen molar-refractivity contribution in [3.63, 3.8) is 0 Å². The summed E-state index contributed by atoms with van der Waals surface area (Å²) in [7, 11) is 0. The van der Waals surface area contributed by atoms with Crippen molar-refractivity contribution in [2.45, 2.75) is 0 Å². The van der Waals surface area contributed by atoms with Gasteiger partial charge in [0.15, 0.2) is 0 Å². The quantitative estimate of drug-likeness (QED) is 0.611. The molecule has 0 radical (unpaired) electrons. The van der Waals surface area contributed by atoms with Crippen molar-refractivity contribution < 1.29 is 9.90 Å². The van der Waals surface area contributed by atoms with E-state index in [1.54, 1.807) is 30.3 Å². The first-order chi connectivity index (χ1) is 8.71. The number of carbonyl (C=O) groups excluding carboxylic acids is 1. The zero-order valence-corrected chi connectivity index (χ0v) is 10.1. The van der Waals surface area contributed by atoms with E-state index in [0.29, 0.717) is 17.8 Å². The Morgan fingerprint density at radius 1 is 1.61 bits per heavy atom. The highest BCUT2D eigenvalue weighted by molar-refractivity contribution is 5.89. The molecule has 0 atom stereocenters.